The molecule has 2 N–H and O–H groups in total. The van der Waals surface area contributed by atoms with E-state index in [4.69, 9.17) is 11.6 Å². The number of piperidine rings is 1. The fourth-order valence-corrected chi connectivity index (χ4v) is 3.84. The maximum atomic E-state index is 12.9. The number of pyridine rings is 1. The van der Waals surface area contributed by atoms with Gasteiger partial charge in [0.05, 0.1) is 11.3 Å². The van der Waals surface area contributed by atoms with Crippen molar-refractivity contribution in [1.29, 1.82) is 0 Å². The molecule has 0 bridgehead atoms. The summed E-state index contributed by atoms with van der Waals surface area (Å²) in [6, 6.07) is 17.9. The van der Waals surface area contributed by atoms with E-state index < -0.39 is 0 Å². The van der Waals surface area contributed by atoms with E-state index in [1.165, 1.54) is 0 Å². The predicted molar refractivity (Wildman–Crippen MR) is 124 cm³/mol. The van der Waals surface area contributed by atoms with Crippen LogP contribution in [-0.2, 0) is 4.79 Å². The summed E-state index contributed by atoms with van der Waals surface area (Å²) in [7, 11) is 0. The first-order chi connectivity index (χ1) is 15.1. The zero-order chi connectivity index (χ0) is 21.6. The second kappa shape index (κ2) is 9.62. The van der Waals surface area contributed by atoms with E-state index in [1.807, 2.05) is 12.1 Å². The van der Waals surface area contributed by atoms with Gasteiger partial charge in [-0.05, 0) is 61.4 Å². The van der Waals surface area contributed by atoms with Gasteiger partial charge in [0.1, 0.15) is 0 Å². The van der Waals surface area contributed by atoms with Gasteiger partial charge in [-0.2, -0.15) is 0 Å². The van der Waals surface area contributed by atoms with Crippen molar-refractivity contribution >= 4 is 40.5 Å². The van der Waals surface area contributed by atoms with Crippen molar-refractivity contribution in [3.8, 4) is 0 Å². The molecule has 1 aliphatic heterocycles. The van der Waals surface area contributed by atoms with Crippen molar-refractivity contribution < 1.29 is 9.59 Å². The van der Waals surface area contributed by atoms with E-state index in [9.17, 15) is 9.59 Å². The topological polar surface area (TPSA) is 74.3 Å². The average Bonchev–Trinajstić information content (AvgIpc) is 2.81. The fraction of sp³-hybridized carbons (Fsp3) is 0.208. The quantitative estimate of drug-likeness (QED) is 0.602. The van der Waals surface area contributed by atoms with Crippen LogP contribution in [0.5, 0.6) is 0 Å². The van der Waals surface area contributed by atoms with E-state index in [0.29, 0.717) is 22.0 Å². The van der Waals surface area contributed by atoms with E-state index in [2.05, 4.69) is 20.5 Å². The van der Waals surface area contributed by atoms with Crippen molar-refractivity contribution in [3.63, 3.8) is 0 Å². The molecule has 0 saturated carbocycles. The Hall–Kier alpha value is -3.38. The van der Waals surface area contributed by atoms with Gasteiger partial charge in [0.2, 0.25) is 5.91 Å². The number of hydrogen-bond acceptors (Lipinski definition) is 4. The lowest BCUT2D eigenvalue weighted by atomic mass is 9.95. The van der Waals surface area contributed by atoms with Crippen molar-refractivity contribution in [3.05, 3.63) is 83.6 Å². The molecule has 6 nitrogen and oxygen atoms in total. The molecule has 0 atom stereocenters. The minimum Gasteiger partial charge on any atom is -0.371 e. The van der Waals surface area contributed by atoms with Crippen LogP contribution in [0, 0.1) is 5.92 Å². The van der Waals surface area contributed by atoms with Crippen LogP contribution in [0.15, 0.2) is 73.1 Å². The third-order valence-corrected chi connectivity index (χ3v) is 5.68. The molecular formula is C24H23ClN4O2. The van der Waals surface area contributed by atoms with Gasteiger partial charge < -0.3 is 15.5 Å². The minimum atomic E-state index is -0.286. The molecule has 3 aromatic rings. The summed E-state index contributed by atoms with van der Waals surface area (Å²) in [6.07, 6.45) is 5.07. The van der Waals surface area contributed by atoms with Gasteiger partial charge in [-0.25, -0.2) is 0 Å². The average molecular weight is 435 g/mol. The van der Waals surface area contributed by atoms with Crippen LogP contribution in [0.2, 0.25) is 5.02 Å². The highest BCUT2D eigenvalue weighted by Gasteiger charge is 2.26. The van der Waals surface area contributed by atoms with Gasteiger partial charge in [0.25, 0.3) is 5.91 Å². The fourth-order valence-electron chi connectivity index (χ4n) is 3.71. The summed E-state index contributed by atoms with van der Waals surface area (Å²) in [6.45, 7) is 1.61. The summed E-state index contributed by atoms with van der Waals surface area (Å²) in [4.78, 5) is 32.0. The number of aromatic nitrogens is 1. The standard InChI is InChI=1S/C24H23ClN4O2/c25-18-5-7-19(8-6-18)27-24(31)21-3-1-2-4-22(21)28-23(30)17-11-15-29(16-12-17)20-9-13-26-14-10-20/h1-10,13-14,17H,11-12,15-16H2,(H,27,31)(H,28,30). The van der Waals surface area contributed by atoms with Crippen molar-refractivity contribution in [2.45, 2.75) is 12.8 Å². The first kappa shape index (κ1) is 20.9. The van der Waals surface area contributed by atoms with Crippen LogP contribution in [-0.4, -0.2) is 29.9 Å². The minimum absolute atomic E-state index is 0.0545. The summed E-state index contributed by atoms with van der Waals surface area (Å²) < 4.78 is 0. The molecule has 7 heteroatoms. The summed E-state index contributed by atoms with van der Waals surface area (Å²) >= 11 is 5.90. The third-order valence-electron chi connectivity index (χ3n) is 5.43. The van der Waals surface area contributed by atoms with Gasteiger partial charge in [-0.15, -0.1) is 0 Å². The molecule has 2 heterocycles. The Morgan fingerprint density at radius 1 is 0.903 bits per heavy atom. The molecule has 4 rings (SSSR count). The lowest BCUT2D eigenvalue weighted by Gasteiger charge is -2.33. The van der Waals surface area contributed by atoms with Crippen LogP contribution in [0.1, 0.15) is 23.2 Å². The molecular weight excluding hydrogens is 412 g/mol. The zero-order valence-corrected chi connectivity index (χ0v) is 17.7. The molecule has 2 amide bonds. The van der Waals surface area contributed by atoms with Crippen LogP contribution in [0.3, 0.4) is 0 Å². The lowest BCUT2D eigenvalue weighted by Crippen LogP contribution is -2.38. The Balaban J connectivity index is 1.39. The van der Waals surface area contributed by atoms with Gasteiger partial charge in [-0.1, -0.05) is 23.7 Å². The van der Waals surface area contributed by atoms with Gasteiger partial charge in [0.15, 0.2) is 0 Å². The molecule has 1 saturated heterocycles. The van der Waals surface area contributed by atoms with E-state index in [-0.39, 0.29) is 17.7 Å². The second-order valence-electron chi connectivity index (χ2n) is 7.46. The molecule has 2 aromatic carbocycles. The van der Waals surface area contributed by atoms with E-state index >= 15 is 0 Å². The molecule has 31 heavy (non-hydrogen) atoms. The number of nitrogens with zero attached hydrogens (tertiary/aromatic N) is 2. The summed E-state index contributed by atoms with van der Waals surface area (Å²) in [5, 5.41) is 6.40. The van der Waals surface area contributed by atoms with Gasteiger partial charge in [-0.3, -0.25) is 14.6 Å². The van der Waals surface area contributed by atoms with Crippen molar-refractivity contribution in [2.24, 2.45) is 5.92 Å². The van der Waals surface area contributed by atoms with Crippen LogP contribution < -0.4 is 15.5 Å². The maximum Gasteiger partial charge on any atom is 0.257 e. The number of hydrogen-bond donors (Lipinski definition) is 2. The number of carbonyl (C=O) groups excluding carboxylic acids is 2. The zero-order valence-electron chi connectivity index (χ0n) is 16.9. The Morgan fingerprint density at radius 2 is 1.58 bits per heavy atom. The van der Waals surface area contributed by atoms with Crippen LogP contribution in [0.4, 0.5) is 17.1 Å². The Morgan fingerprint density at radius 3 is 2.29 bits per heavy atom. The van der Waals surface area contributed by atoms with Crippen LogP contribution >= 0.6 is 11.6 Å². The highest BCUT2D eigenvalue weighted by Crippen LogP contribution is 2.25. The first-order valence-corrected chi connectivity index (χ1v) is 10.6. The number of benzene rings is 2. The third kappa shape index (κ3) is 5.22. The van der Waals surface area contributed by atoms with Gasteiger partial charge in [0, 0.05) is 47.8 Å². The van der Waals surface area contributed by atoms with Crippen molar-refractivity contribution in [1.82, 2.24) is 4.98 Å². The van der Waals surface area contributed by atoms with Gasteiger partial charge >= 0.3 is 0 Å². The number of halogens is 1. The summed E-state index contributed by atoms with van der Waals surface area (Å²) in [5.74, 6) is -0.433. The number of nitrogens with one attached hydrogen (secondary N) is 2. The highest BCUT2D eigenvalue weighted by atomic mass is 35.5. The second-order valence-corrected chi connectivity index (χ2v) is 7.90. The molecule has 0 unspecified atom stereocenters. The summed E-state index contributed by atoms with van der Waals surface area (Å²) in [5.41, 5.74) is 2.69. The molecule has 0 spiro atoms. The highest BCUT2D eigenvalue weighted by molar-refractivity contribution is 6.30. The number of anilines is 3. The molecule has 158 valence electrons. The lowest BCUT2D eigenvalue weighted by molar-refractivity contribution is -0.120. The molecule has 1 fully saturated rings. The Kier molecular flexibility index (Phi) is 6.48. The number of amides is 2. The number of para-hydroxylation sites is 1. The molecule has 0 radical (unpaired) electrons. The van der Waals surface area contributed by atoms with E-state index in [1.54, 1.807) is 60.9 Å². The Bertz CT molecular complexity index is 1050. The number of rotatable bonds is 5. The smallest absolute Gasteiger partial charge is 0.257 e. The first-order valence-electron chi connectivity index (χ1n) is 10.2. The number of carbonyl (C=O) groups is 2. The predicted octanol–water partition coefficient (Wildman–Crippen LogP) is 4.84. The molecule has 1 aliphatic rings. The monoisotopic (exact) mass is 434 g/mol. The molecule has 1 aromatic heterocycles. The van der Waals surface area contributed by atoms with E-state index in [0.717, 1.165) is 31.6 Å². The normalized spacial score (nSPS) is 14.2. The Labute approximate surface area is 186 Å². The largest absolute Gasteiger partial charge is 0.371 e. The van der Waals surface area contributed by atoms with Crippen molar-refractivity contribution in [2.75, 3.05) is 28.6 Å². The van der Waals surface area contributed by atoms with Crippen LogP contribution in [0.25, 0.3) is 0 Å². The SMILES string of the molecule is O=C(Nc1ccc(Cl)cc1)c1ccccc1NC(=O)C1CCN(c2ccncc2)CC1. The maximum absolute atomic E-state index is 12.9. The molecule has 0 aliphatic carbocycles.